The van der Waals surface area contributed by atoms with E-state index in [0.717, 1.165) is 12.3 Å². The van der Waals surface area contributed by atoms with Crippen LogP contribution in [0.15, 0.2) is 0 Å². The van der Waals surface area contributed by atoms with Gasteiger partial charge in [0.2, 0.25) is 0 Å². The summed E-state index contributed by atoms with van der Waals surface area (Å²) in [5, 5.41) is 5.63. The molecule has 1 atom stereocenters. The molecule has 0 aromatic rings. The predicted molar refractivity (Wildman–Crippen MR) is 86.1 cm³/mol. The number of amides is 2. The van der Waals surface area contributed by atoms with E-state index in [1.165, 1.54) is 44.8 Å². The lowest BCUT2D eigenvalue weighted by molar-refractivity contribution is 0.235. The van der Waals surface area contributed by atoms with E-state index in [2.05, 4.69) is 10.6 Å². The lowest BCUT2D eigenvalue weighted by atomic mass is 9.85. The number of nitrogens with one attached hydrogen (secondary N) is 2. The number of hydrogen-bond acceptors (Lipinski definition) is 3. The van der Waals surface area contributed by atoms with Gasteiger partial charge in [-0.15, -0.1) is 0 Å². The van der Waals surface area contributed by atoms with Gasteiger partial charge in [-0.05, 0) is 32.1 Å². The first-order valence-electron chi connectivity index (χ1n) is 8.09. The van der Waals surface area contributed by atoms with Gasteiger partial charge in [0.15, 0.2) is 0 Å². The molecule has 0 bridgehead atoms. The van der Waals surface area contributed by atoms with Gasteiger partial charge in [-0.1, -0.05) is 32.1 Å². The monoisotopic (exact) mass is 318 g/mol. The minimum absolute atomic E-state index is 0.116. The Morgan fingerprint density at radius 1 is 1.24 bits per heavy atom. The maximum atomic E-state index is 11.7. The average Bonchev–Trinajstić information content (AvgIpc) is 2.41. The summed E-state index contributed by atoms with van der Waals surface area (Å²) in [6.07, 6.45) is 10.6. The number of hydrogen-bond donors (Lipinski definition) is 2. The van der Waals surface area contributed by atoms with Crippen LogP contribution in [0.5, 0.6) is 0 Å². The first-order valence-corrected chi connectivity index (χ1v) is 10.1. The standard InChI is InChI=1S/C15H30N2O3S/c1-13(9-10-14-7-4-3-5-8-14)17-15(18)16-11-6-12-21(2,19)20/h13-14H,3-12H2,1-2H3,(H2,16,17,18). The smallest absolute Gasteiger partial charge is 0.314 e. The molecule has 21 heavy (non-hydrogen) atoms. The fourth-order valence-electron chi connectivity index (χ4n) is 2.84. The van der Waals surface area contributed by atoms with Crippen LogP contribution in [0, 0.1) is 5.92 Å². The van der Waals surface area contributed by atoms with E-state index >= 15 is 0 Å². The van der Waals surface area contributed by atoms with Crippen LogP contribution in [0.2, 0.25) is 0 Å². The topological polar surface area (TPSA) is 75.3 Å². The number of sulfone groups is 1. The number of rotatable bonds is 8. The molecule has 1 saturated carbocycles. The Kier molecular flexibility index (Phi) is 8.07. The van der Waals surface area contributed by atoms with Crippen molar-refractivity contribution in [3.63, 3.8) is 0 Å². The summed E-state index contributed by atoms with van der Waals surface area (Å²) in [6, 6.07) is -0.0264. The molecule has 1 unspecified atom stereocenters. The van der Waals surface area contributed by atoms with E-state index in [-0.39, 0.29) is 17.8 Å². The lowest BCUT2D eigenvalue weighted by Crippen LogP contribution is -2.41. The second-order valence-corrected chi connectivity index (χ2v) is 8.63. The second-order valence-electron chi connectivity index (χ2n) is 6.37. The van der Waals surface area contributed by atoms with Gasteiger partial charge in [0, 0.05) is 18.8 Å². The molecular weight excluding hydrogens is 288 g/mol. The molecule has 5 nitrogen and oxygen atoms in total. The third-order valence-electron chi connectivity index (χ3n) is 4.09. The minimum Gasteiger partial charge on any atom is -0.338 e. The number of urea groups is 1. The zero-order chi connectivity index (χ0) is 15.7. The van der Waals surface area contributed by atoms with Crippen LogP contribution in [0.3, 0.4) is 0 Å². The summed E-state index contributed by atoms with van der Waals surface area (Å²) in [6.45, 7) is 2.42. The van der Waals surface area contributed by atoms with Gasteiger partial charge in [0.25, 0.3) is 0 Å². The molecule has 2 amide bonds. The van der Waals surface area contributed by atoms with Gasteiger partial charge in [-0.3, -0.25) is 0 Å². The maximum Gasteiger partial charge on any atom is 0.314 e. The van der Waals surface area contributed by atoms with Crippen LogP contribution in [0.4, 0.5) is 4.79 Å². The highest BCUT2D eigenvalue weighted by Gasteiger charge is 2.15. The van der Waals surface area contributed by atoms with E-state index in [1.807, 2.05) is 6.92 Å². The van der Waals surface area contributed by atoms with Crippen LogP contribution in [0.1, 0.15) is 58.3 Å². The van der Waals surface area contributed by atoms with Crippen LogP contribution in [0.25, 0.3) is 0 Å². The molecule has 1 rings (SSSR count). The van der Waals surface area contributed by atoms with Gasteiger partial charge in [-0.25, -0.2) is 13.2 Å². The normalized spacial score (nSPS) is 18.2. The van der Waals surface area contributed by atoms with Crippen molar-refractivity contribution in [3.8, 4) is 0 Å². The Balaban J connectivity index is 2.07. The Morgan fingerprint density at radius 2 is 1.90 bits per heavy atom. The summed E-state index contributed by atoms with van der Waals surface area (Å²) in [4.78, 5) is 11.7. The van der Waals surface area contributed by atoms with Crippen molar-refractivity contribution in [2.45, 2.75) is 64.3 Å². The van der Waals surface area contributed by atoms with Crippen molar-refractivity contribution in [2.75, 3.05) is 18.6 Å². The zero-order valence-corrected chi connectivity index (χ0v) is 14.2. The molecule has 0 spiro atoms. The number of carbonyl (C=O) groups excluding carboxylic acids is 1. The molecule has 1 aliphatic rings. The molecule has 2 N–H and O–H groups in total. The van der Waals surface area contributed by atoms with Gasteiger partial charge in [0.1, 0.15) is 9.84 Å². The second kappa shape index (κ2) is 9.28. The highest BCUT2D eigenvalue weighted by Crippen LogP contribution is 2.27. The van der Waals surface area contributed by atoms with E-state index in [0.29, 0.717) is 13.0 Å². The Morgan fingerprint density at radius 3 is 2.52 bits per heavy atom. The molecule has 124 valence electrons. The van der Waals surface area contributed by atoms with Crippen LogP contribution in [-0.4, -0.2) is 39.0 Å². The van der Waals surface area contributed by atoms with Crippen molar-refractivity contribution in [1.82, 2.24) is 10.6 Å². The minimum atomic E-state index is -2.94. The molecule has 0 heterocycles. The molecule has 0 aromatic heterocycles. The first-order chi connectivity index (χ1) is 9.87. The van der Waals surface area contributed by atoms with Crippen molar-refractivity contribution < 1.29 is 13.2 Å². The maximum absolute atomic E-state index is 11.7. The van der Waals surface area contributed by atoms with Crippen molar-refractivity contribution in [1.29, 1.82) is 0 Å². The van der Waals surface area contributed by atoms with Gasteiger partial charge in [0.05, 0.1) is 5.75 Å². The molecular formula is C15H30N2O3S. The Hall–Kier alpha value is -0.780. The molecule has 0 radical (unpaired) electrons. The molecule has 1 aliphatic carbocycles. The molecule has 6 heteroatoms. The first kappa shape index (κ1) is 18.3. The molecule has 0 aliphatic heterocycles. The largest absolute Gasteiger partial charge is 0.338 e. The predicted octanol–water partition coefficient (Wildman–Crippen LogP) is 2.47. The van der Waals surface area contributed by atoms with Crippen molar-refractivity contribution in [3.05, 3.63) is 0 Å². The average molecular weight is 318 g/mol. The van der Waals surface area contributed by atoms with Crippen molar-refractivity contribution in [2.24, 2.45) is 5.92 Å². The fourth-order valence-corrected chi connectivity index (χ4v) is 3.51. The van der Waals surface area contributed by atoms with E-state index < -0.39 is 9.84 Å². The summed E-state index contributed by atoms with van der Waals surface area (Å²) in [5.74, 6) is 0.950. The summed E-state index contributed by atoms with van der Waals surface area (Å²) < 4.78 is 21.9. The van der Waals surface area contributed by atoms with Crippen LogP contribution >= 0.6 is 0 Å². The number of carbonyl (C=O) groups is 1. The summed E-state index contributed by atoms with van der Waals surface area (Å²) >= 11 is 0. The molecule has 0 aromatic carbocycles. The highest BCUT2D eigenvalue weighted by atomic mass is 32.2. The van der Waals surface area contributed by atoms with Gasteiger partial charge >= 0.3 is 6.03 Å². The van der Waals surface area contributed by atoms with E-state index in [1.54, 1.807) is 0 Å². The van der Waals surface area contributed by atoms with E-state index in [4.69, 9.17) is 0 Å². The third-order valence-corrected chi connectivity index (χ3v) is 5.12. The summed E-state index contributed by atoms with van der Waals surface area (Å²) in [7, 11) is -2.94. The van der Waals surface area contributed by atoms with Crippen LogP contribution in [-0.2, 0) is 9.84 Å². The lowest BCUT2D eigenvalue weighted by Gasteiger charge is -2.23. The molecule has 0 saturated heterocycles. The SMILES string of the molecule is CC(CCC1CCCCC1)NC(=O)NCCCS(C)(=O)=O. The quantitative estimate of drug-likeness (QED) is 0.675. The molecule has 1 fully saturated rings. The highest BCUT2D eigenvalue weighted by molar-refractivity contribution is 7.90. The third kappa shape index (κ3) is 9.72. The fraction of sp³-hybridized carbons (Fsp3) is 0.933. The zero-order valence-electron chi connectivity index (χ0n) is 13.4. The van der Waals surface area contributed by atoms with Gasteiger partial charge in [-0.2, -0.15) is 0 Å². The Labute approximate surface area is 129 Å². The van der Waals surface area contributed by atoms with Crippen molar-refractivity contribution >= 4 is 15.9 Å². The summed E-state index contributed by atoms with van der Waals surface area (Å²) in [5.41, 5.74) is 0. The van der Waals surface area contributed by atoms with Gasteiger partial charge < -0.3 is 10.6 Å². The van der Waals surface area contributed by atoms with Crippen LogP contribution < -0.4 is 10.6 Å². The Bertz CT molecular complexity index is 403. The van der Waals surface area contributed by atoms with E-state index in [9.17, 15) is 13.2 Å².